The lowest BCUT2D eigenvalue weighted by Gasteiger charge is -2.12. The van der Waals surface area contributed by atoms with Crippen LogP contribution >= 0.6 is 11.6 Å². The first-order valence-corrected chi connectivity index (χ1v) is 7.88. The third-order valence-electron chi connectivity index (χ3n) is 3.10. The van der Waals surface area contributed by atoms with Crippen molar-refractivity contribution in [1.82, 2.24) is 5.43 Å². The van der Waals surface area contributed by atoms with Gasteiger partial charge in [0.25, 0.3) is 5.91 Å². The number of terminal acetylenes is 1. The zero-order valence-electron chi connectivity index (χ0n) is 13.6. The van der Waals surface area contributed by atoms with Crippen molar-refractivity contribution in [3.63, 3.8) is 0 Å². The molecule has 25 heavy (non-hydrogen) atoms. The number of carbonyl (C=O) groups excluding carboxylic acids is 1. The van der Waals surface area contributed by atoms with E-state index < -0.39 is 6.10 Å². The van der Waals surface area contributed by atoms with E-state index in [1.165, 1.54) is 6.21 Å². The average molecular weight is 357 g/mol. The molecule has 0 saturated heterocycles. The summed E-state index contributed by atoms with van der Waals surface area (Å²) in [5.41, 5.74) is 3.13. The van der Waals surface area contributed by atoms with Crippen molar-refractivity contribution < 1.29 is 14.3 Å². The van der Waals surface area contributed by atoms with Crippen LogP contribution in [0.15, 0.2) is 53.6 Å². The lowest BCUT2D eigenvalue weighted by atomic mass is 10.2. The highest BCUT2D eigenvalue weighted by molar-refractivity contribution is 6.30. The molecule has 1 amide bonds. The molecular formula is C19H17ClN2O3. The molecule has 0 unspecified atom stereocenters. The van der Waals surface area contributed by atoms with Crippen molar-refractivity contribution in [3.8, 4) is 23.8 Å². The Bertz CT molecular complexity index is 782. The second-order valence-electron chi connectivity index (χ2n) is 4.98. The number of hydrazone groups is 1. The summed E-state index contributed by atoms with van der Waals surface area (Å²) in [5.74, 6) is 3.15. The van der Waals surface area contributed by atoms with Gasteiger partial charge in [0.15, 0.2) is 6.10 Å². The topological polar surface area (TPSA) is 59.9 Å². The molecular weight excluding hydrogens is 340 g/mol. The van der Waals surface area contributed by atoms with Gasteiger partial charge in [-0.25, -0.2) is 5.43 Å². The molecule has 0 aliphatic heterocycles. The van der Waals surface area contributed by atoms with E-state index in [0.717, 1.165) is 0 Å². The van der Waals surface area contributed by atoms with Gasteiger partial charge in [0, 0.05) is 10.6 Å². The fourth-order valence-electron chi connectivity index (χ4n) is 1.87. The summed E-state index contributed by atoms with van der Waals surface area (Å²) in [6.45, 7) is 1.78. The second-order valence-corrected chi connectivity index (χ2v) is 5.42. The maximum Gasteiger partial charge on any atom is 0.280 e. The van der Waals surface area contributed by atoms with Gasteiger partial charge in [-0.2, -0.15) is 5.10 Å². The van der Waals surface area contributed by atoms with Crippen LogP contribution in [0.1, 0.15) is 12.5 Å². The molecule has 0 spiro atoms. The maximum absolute atomic E-state index is 12.0. The molecule has 2 aromatic rings. The molecule has 128 valence electrons. The molecule has 0 aromatic heterocycles. The van der Waals surface area contributed by atoms with Gasteiger partial charge < -0.3 is 9.47 Å². The number of halogens is 1. The van der Waals surface area contributed by atoms with Crippen molar-refractivity contribution in [2.45, 2.75) is 13.0 Å². The lowest BCUT2D eigenvalue weighted by molar-refractivity contribution is -0.127. The van der Waals surface area contributed by atoms with Crippen molar-refractivity contribution in [3.05, 3.63) is 59.1 Å². The zero-order chi connectivity index (χ0) is 18.1. The molecule has 0 radical (unpaired) electrons. The van der Waals surface area contributed by atoms with Gasteiger partial charge in [0.05, 0.1) is 6.21 Å². The molecule has 2 aromatic carbocycles. The summed E-state index contributed by atoms with van der Waals surface area (Å²) in [4.78, 5) is 12.0. The molecule has 1 atom stereocenters. The van der Waals surface area contributed by atoms with Crippen LogP contribution in [0.5, 0.6) is 11.5 Å². The van der Waals surface area contributed by atoms with E-state index >= 15 is 0 Å². The minimum absolute atomic E-state index is 0.156. The standard InChI is InChI=1S/C19H17ClN2O3/c1-3-12-24-18-7-5-4-6-15(18)13-21-22-19(23)14(2)25-17-10-8-16(20)9-11-17/h1,4-11,13-14H,12H2,2H3,(H,22,23)/b21-13-/t14-/m0/s1. The van der Waals surface area contributed by atoms with Gasteiger partial charge in [-0.1, -0.05) is 29.7 Å². The Morgan fingerprint density at radius 2 is 2.04 bits per heavy atom. The first kappa shape index (κ1) is 18.4. The van der Waals surface area contributed by atoms with Crippen LogP contribution in [0.2, 0.25) is 5.02 Å². The number of hydrogen-bond acceptors (Lipinski definition) is 4. The first-order valence-electron chi connectivity index (χ1n) is 7.50. The number of benzene rings is 2. The molecule has 6 heteroatoms. The lowest BCUT2D eigenvalue weighted by Crippen LogP contribution is -2.33. The predicted molar refractivity (Wildman–Crippen MR) is 98.0 cm³/mol. The van der Waals surface area contributed by atoms with Crippen LogP contribution in [0.3, 0.4) is 0 Å². The Hall–Kier alpha value is -2.97. The summed E-state index contributed by atoms with van der Waals surface area (Å²) in [5, 5.41) is 4.53. The number of carbonyl (C=O) groups is 1. The van der Waals surface area contributed by atoms with E-state index in [2.05, 4.69) is 16.4 Å². The Morgan fingerprint density at radius 3 is 2.76 bits per heavy atom. The highest BCUT2D eigenvalue weighted by Crippen LogP contribution is 2.17. The number of para-hydroxylation sites is 1. The van der Waals surface area contributed by atoms with Crippen LogP contribution in [0.25, 0.3) is 0 Å². The third kappa shape index (κ3) is 5.87. The van der Waals surface area contributed by atoms with Crippen molar-refractivity contribution in [1.29, 1.82) is 0 Å². The minimum atomic E-state index is -0.716. The Balaban J connectivity index is 1.91. The number of rotatable bonds is 7. The van der Waals surface area contributed by atoms with Gasteiger partial charge in [-0.3, -0.25) is 4.79 Å². The molecule has 0 saturated carbocycles. The summed E-state index contributed by atoms with van der Waals surface area (Å²) in [7, 11) is 0. The fourth-order valence-corrected chi connectivity index (χ4v) is 1.99. The smallest absolute Gasteiger partial charge is 0.280 e. The van der Waals surface area contributed by atoms with Crippen LogP contribution in [-0.2, 0) is 4.79 Å². The number of nitrogens with one attached hydrogen (secondary N) is 1. The van der Waals surface area contributed by atoms with E-state index in [0.29, 0.717) is 22.1 Å². The largest absolute Gasteiger partial charge is 0.481 e. The maximum atomic E-state index is 12.0. The monoisotopic (exact) mass is 356 g/mol. The second kappa shape index (κ2) is 9.36. The molecule has 0 bridgehead atoms. The quantitative estimate of drug-likeness (QED) is 0.470. The van der Waals surface area contributed by atoms with E-state index in [4.69, 9.17) is 27.5 Å². The Morgan fingerprint density at radius 1 is 1.32 bits per heavy atom. The molecule has 1 N–H and O–H groups in total. The minimum Gasteiger partial charge on any atom is -0.481 e. The number of amides is 1. The summed E-state index contributed by atoms with van der Waals surface area (Å²) < 4.78 is 10.9. The Labute approximate surface area is 151 Å². The van der Waals surface area contributed by atoms with E-state index in [-0.39, 0.29) is 12.5 Å². The Kier molecular flexibility index (Phi) is 6.87. The first-order chi connectivity index (χ1) is 12.1. The SMILES string of the molecule is C#CCOc1ccccc1/C=N\NC(=O)[C@H](C)Oc1ccc(Cl)cc1. The summed E-state index contributed by atoms with van der Waals surface area (Å²) in [6, 6.07) is 14.0. The summed E-state index contributed by atoms with van der Waals surface area (Å²) in [6.07, 6.45) is 5.95. The van der Waals surface area contributed by atoms with Crippen LogP contribution in [0.4, 0.5) is 0 Å². The van der Waals surface area contributed by atoms with E-state index in [1.807, 2.05) is 12.1 Å². The van der Waals surface area contributed by atoms with Crippen molar-refractivity contribution in [2.24, 2.45) is 5.10 Å². The van der Waals surface area contributed by atoms with Gasteiger partial charge >= 0.3 is 0 Å². The highest BCUT2D eigenvalue weighted by atomic mass is 35.5. The van der Waals surface area contributed by atoms with Crippen LogP contribution < -0.4 is 14.9 Å². The molecule has 5 nitrogen and oxygen atoms in total. The normalized spacial score (nSPS) is 11.6. The fraction of sp³-hybridized carbons (Fsp3) is 0.158. The van der Waals surface area contributed by atoms with Crippen LogP contribution in [0, 0.1) is 12.3 Å². The average Bonchev–Trinajstić information content (AvgIpc) is 2.62. The highest BCUT2D eigenvalue weighted by Gasteiger charge is 2.13. The zero-order valence-corrected chi connectivity index (χ0v) is 14.4. The predicted octanol–water partition coefficient (Wildman–Crippen LogP) is 3.27. The number of hydrogen-bond donors (Lipinski definition) is 1. The molecule has 0 aliphatic carbocycles. The number of nitrogens with zero attached hydrogens (tertiary/aromatic N) is 1. The van der Waals surface area contributed by atoms with Gasteiger partial charge in [0.1, 0.15) is 18.1 Å². The summed E-state index contributed by atoms with van der Waals surface area (Å²) >= 11 is 5.81. The van der Waals surface area contributed by atoms with Crippen molar-refractivity contribution >= 4 is 23.7 Å². The van der Waals surface area contributed by atoms with Gasteiger partial charge in [0.2, 0.25) is 0 Å². The van der Waals surface area contributed by atoms with Crippen molar-refractivity contribution in [2.75, 3.05) is 6.61 Å². The van der Waals surface area contributed by atoms with Gasteiger partial charge in [-0.15, -0.1) is 6.42 Å². The van der Waals surface area contributed by atoms with E-state index in [1.54, 1.807) is 43.3 Å². The molecule has 2 rings (SSSR count). The third-order valence-corrected chi connectivity index (χ3v) is 3.36. The van der Waals surface area contributed by atoms with E-state index in [9.17, 15) is 4.79 Å². The molecule has 0 aliphatic rings. The number of ether oxygens (including phenoxy) is 2. The molecule has 0 heterocycles. The molecule has 0 fully saturated rings. The van der Waals surface area contributed by atoms with Crippen LogP contribution in [-0.4, -0.2) is 24.8 Å². The van der Waals surface area contributed by atoms with Gasteiger partial charge in [-0.05, 0) is 43.3 Å².